The van der Waals surface area contributed by atoms with Crippen LogP contribution < -0.4 is 11.1 Å². The van der Waals surface area contributed by atoms with Gasteiger partial charge in [0.25, 0.3) is 0 Å². The number of thiazole rings is 1. The van der Waals surface area contributed by atoms with Gasteiger partial charge in [0.1, 0.15) is 4.88 Å². The second kappa shape index (κ2) is 6.83. The molecule has 0 unspecified atom stereocenters. The fraction of sp³-hybridized carbons (Fsp3) is 0.545. The molecule has 0 fully saturated rings. The number of nitrogens with two attached hydrogens (primary N) is 1. The number of methoxy groups -OCH3 is 1. The number of nitrogens with one attached hydrogen (secondary N) is 1. The van der Waals surface area contributed by atoms with Crippen molar-refractivity contribution >= 4 is 40.8 Å². The van der Waals surface area contributed by atoms with Crippen LogP contribution in [0, 0.1) is 0 Å². The number of ether oxygens (including phenoxy) is 1. The van der Waals surface area contributed by atoms with Gasteiger partial charge in [-0.3, -0.25) is 4.79 Å². The molecule has 108 valence electrons. The van der Waals surface area contributed by atoms with Crippen molar-refractivity contribution in [2.24, 2.45) is 5.73 Å². The summed E-state index contributed by atoms with van der Waals surface area (Å²) in [5.41, 5.74) is 5.50. The van der Waals surface area contributed by atoms with E-state index in [1.807, 2.05) is 20.8 Å². The highest BCUT2D eigenvalue weighted by atomic mass is 35.5. The van der Waals surface area contributed by atoms with E-state index in [-0.39, 0.29) is 30.3 Å². The van der Waals surface area contributed by atoms with E-state index in [0.29, 0.717) is 15.7 Å². The first kappa shape index (κ1) is 17.8. The predicted molar refractivity (Wildman–Crippen MR) is 77.1 cm³/mol. The molecule has 1 amide bonds. The van der Waals surface area contributed by atoms with Gasteiger partial charge in [-0.15, -0.1) is 12.4 Å². The van der Waals surface area contributed by atoms with Crippen molar-refractivity contribution in [2.75, 3.05) is 19.0 Å². The SMILES string of the molecule is COC(=O)c1sc(NC(=O)CN)nc1C(C)(C)C.Cl. The zero-order valence-corrected chi connectivity index (χ0v) is 12.9. The molecular formula is C11H18ClN3O3S. The van der Waals surface area contributed by atoms with Crippen molar-refractivity contribution in [3.8, 4) is 0 Å². The molecule has 1 heterocycles. The van der Waals surface area contributed by atoms with Crippen LogP contribution in [0.5, 0.6) is 0 Å². The zero-order chi connectivity index (χ0) is 13.9. The molecule has 0 aliphatic carbocycles. The van der Waals surface area contributed by atoms with Gasteiger partial charge < -0.3 is 15.8 Å². The first-order valence-corrected chi connectivity index (χ1v) is 6.20. The lowest BCUT2D eigenvalue weighted by Gasteiger charge is -2.16. The molecule has 0 bridgehead atoms. The quantitative estimate of drug-likeness (QED) is 0.826. The monoisotopic (exact) mass is 307 g/mol. The fourth-order valence-corrected chi connectivity index (χ4v) is 2.39. The van der Waals surface area contributed by atoms with Crippen LogP contribution in [0.15, 0.2) is 0 Å². The summed E-state index contributed by atoms with van der Waals surface area (Å²) in [7, 11) is 1.31. The molecule has 0 aromatic carbocycles. The Labute approximate surface area is 122 Å². The Hall–Kier alpha value is -1.18. The molecule has 1 aromatic heterocycles. The molecule has 0 aliphatic rings. The number of hydrogen-bond acceptors (Lipinski definition) is 6. The molecule has 1 rings (SSSR count). The standard InChI is InChI=1S/C11H17N3O3S.ClH/c1-11(2,3)8-7(9(16)17-4)18-10(14-8)13-6(15)5-12;/h5,12H2,1-4H3,(H,13,14,15);1H. The minimum absolute atomic E-state index is 0. The predicted octanol–water partition coefficient (Wildman–Crippen LogP) is 1.55. The molecule has 0 radical (unpaired) electrons. The number of anilines is 1. The lowest BCUT2D eigenvalue weighted by Crippen LogP contribution is -2.22. The topological polar surface area (TPSA) is 94.3 Å². The van der Waals surface area contributed by atoms with Crippen LogP contribution >= 0.6 is 23.7 Å². The van der Waals surface area contributed by atoms with Crippen LogP contribution in [0.4, 0.5) is 5.13 Å². The zero-order valence-electron chi connectivity index (χ0n) is 11.3. The summed E-state index contributed by atoms with van der Waals surface area (Å²) in [6.45, 7) is 5.67. The maximum absolute atomic E-state index is 11.7. The van der Waals surface area contributed by atoms with Gasteiger partial charge in [0.05, 0.1) is 19.3 Å². The Morgan fingerprint density at radius 1 is 1.42 bits per heavy atom. The first-order chi connectivity index (χ1) is 8.29. The molecule has 3 N–H and O–H groups in total. The number of amides is 1. The summed E-state index contributed by atoms with van der Waals surface area (Å²) in [5, 5.41) is 2.90. The molecule has 8 heteroatoms. The Bertz CT molecular complexity index is 468. The molecule has 19 heavy (non-hydrogen) atoms. The normalized spacial score (nSPS) is 10.6. The average Bonchev–Trinajstić information content (AvgIpc) is 2.71. The van der Waals surface area contributed by atoms with Gasteiger partial charge in [0.2, 0.25) is 5.91 Å². The smallest absolute Gasteiger partial charge is 0.350 e. The fourth-order valence-electron chi connectivity index (χ4n) is 1.28. The van der Waals surface area contributed by atoms with Crippen LogP contribution in [0.1, 0.15) is 36.1 Å². The number of nitrogens with zero attached hydrogens (tertiary/aromatic N) is 1. The summed E-state index contributed by atoms with van der Waals surface area (Å²) < 4.78 is 4.71. The summed E-state index contributed by atoms with van der Waals surface area (Å²) in [5.74, 6) is -0.800. The molecule has 0 spiro atoms. The van der Waals surface area contributed by atoms with Crippen molar-refractivity contribution < 1.29 is 14.3 Å². The Balaban J connectivity index is 0.00000324. The third-order valence-electron chi connectivity index (χ3n) is 2.14. The molecule has 0 aliphatic heterocycles. The minimum atomic E-state index is -0.453. The maximum atomic E-state index is 11.7. The van der Waals surface area contributed by atoms with E-state index in [1.165, 1.54) is 7.11 Å². The largest absolute Gasteiger partial charge is 0.465 e. The van der Waals surface area contributed by atoms with Crippen LogP contribution in [-0.2, 0) is 14.9 Å². The second-order valence-electron chi connectivity index (χ2n) is 4.69. The third kappa shape index (κ3) is 4.45. The Morgan fingerprint density at radius 2 is 2.00 bits per heavy atom. The highest BCUT2D eigenvalue weighted by molar-refractivity contribution is 7.17. The number of halogens is 1. The summed E-state index contributed by atoms with van der Waals surface area (Å²) >= 11 is 1.09. The van der Waals surface area contributed by atoms with Gasteiger partial charge in [-0.2, -0.15) is 0 Å². The van der Waals surface area contributed by atoms with E-state index in [1.54, 1.807) is 0 Å². The number of carbonyl (C=O) groups is 2. The lowest BCUT2D eigenvalue weighted by atomic mass is 9.91. The van der Waals surface area contributed by atoms with Crippen molar-refractivity contribution in [3.05, 3.63) is 10.6 Å². The number of esters is 1. The number of carbonyl (C=O) groups excluding carboxylic acids is 2. The average molecular weight is 308 g/mol. The van der Waals surface area contributed by atoms with Crippen LogP contribution in [0.25, 0.3) is 0 Å². The van der Waals surface area contributed by atoms with E-state index >= 15 is 0 Å². The Kier molecular flexibility index (Phi) is 6.41. The van der Waals surface area contributed by atoms with Gasteiger partial charge in [0, 0.05) is 5.41 Å². The van der Waals surface area contributed by atoms with Gasteiger partial charge in [0.15, 0.2) is 5.13 Å². The second-order valence-corrected chi connectivity index (χ2v) is 5.69. The van der Waals surface area contributed by atoms with Crippen molar-refractivity contribution in [1.82, 2.24) is 4.98 Å². The molecule has 0 saturated heterocycles. The minimum Gasteiger partial charge on any atom is -0.465 e. The van der Waals surface area contributed by atoms with Crippen LogP contribution in [-0.4, -0.2) is 30.5 Å². The van der Waals surface area contributed by atoms with Crippen LogP contribution in [0.3, 0.4) is 0 Å². The van der Waals surface area contributed by atoms with E-state index in [9.17, 15) is 9.59 Å². The highest BCUT2D eigenvalue weighted by Gasteiger charge is 2.28. The third-order valence-corrected chi connectivity index (χ3v) is 3.09. The molecule has 6 nitrogen and oxygen atoms in total. The number of rotatable bonds is 3. The van der Waals surface area contributed by atoms with E-state index in [0.717, 1.165) is 11.3 Å². The van der Waals surface area contributed by atoms with Crippen molar-refractivity contribution in [2.45, 2.75) is 26.2 Å². The van der Waals surface area contributed by atoms with E-state index in [2.05, 4.69) is 10.3 Å². The number of aromatic nitrogens is 1. The summed E-state index contributed by atoms with van der Waals surface area (Å²) in [4.78, 5) is 27.5. The summed E-state index contributed by atoms with van der Waals surface area (Å²) in [6.07, 6.45) is 0. The lowest BCUT2D eigenvalue weighted by molar-refractivity contribution is -0.114. The van der Waals surface area contributed by atoms with E-state index in [4.69, 9.17) is 10.5 Å². The van der Waals surface area contributed by atoms with Crippen LogP contribution in [0.2, 0.25) is 0 Å². The van der Waals surface area contributed by atoms with Crippen molar-refractivity contribution in [1.29, 1.82) is 0 Å². The highest BCUT2D eigenvalue weighted by Crippen LogP contribution is 2.32. The maximum Gasteiger partial charge on any atom is 0.350 e. The summed E-state index contributed by atoms with van der Waals surface area (Å²) in [6, 6.07) is 0. The first-order valence-electron chi connectivity index (χ1n) is 5.39. The van der Waals surface area contributed by atoms with Gasteiger partial charge in [-0.1, -0.05) is 32.1 Å². The van der Waals surface area contributed by atoms with Crippen molar-refractivity contribution in [3.63, 3.8) is 0 Å². The van der Waals surface area contributed by atoms with Gasteiger partial charge in [-0.25, -0.2) is 9.78 Å². The molecule has 0 atom stereocenters. The van der Waals surface area contributed by atoms with Gasteiger partial charge in [-0.05, 0) is 0 Å². The number of hydrogen-bond donors (Lipinski definition) is 2. The van der Waals surface area contributed by atoms with E-state index < -0.39 is 5.97 Å². The molecular weight excluding hydrogens is 290 g/mol. The molecule has 0 saturated carbocycles. The Morgan fingerprint density at radius 3 is 2.42 bits per heavy atom. The molecule has 1 aromatic rings. The van der Waals surface area contributed by atoms with Gasteiger partial charge >= 0.3 is 5.97 Å².